The van der Waals surface area contributed by atoms with E-state index in [0.717, 1.165) is 102 Å². The fourth-order valence-corrected chi connectivity index (χ4v) is 15.5. The summed E-state index contributed by atoms with van der Waals surface area (Å²) < 4.78 is 69.0. The van der Waals surface area contributed by atoms with E-state index >= 15 is 0 Å². The first kappa shape index (κ1) is 106. The van der Waals surface area contributed by atoms with Gasteiger partial charge in [-0.3, -0.25) is 37.3 Å². The first-order chi connectivity index (χ1) is 52.4. The number of carbonyl (C=O) groups excluding carboxylic acids is 4. The molecule has 0 saturated heterocycles. The van der Waals surface area contributed by atoms with Crippen LogP contribution in [0.4, 0.5) is 0 Å². The summed E-state index contributed by atoms with van der Waals surface area (Å²) in [6.07, 6.45) is 73.8. The molecular formula is C89H174O17P2. The van der Waals surface area contributed by atoms with E-state index in [1.807, 2.05) is 0 Å². The van der Waals surface area contributed by atoms with Gasteiger partial charge in [0.1, 0.15) is 19.3 Å². The molecule has 0 saturated carbocycles. The van der Waals surface area contributed by atoms with Crippen molar-refractivity contribution in [2.24, 2.45) is 11.8 Å². The quantitative estimate of drug-likeness (QED) is 0.0222. The Hall–Kier alpha value is -1.94. The van der Waals surface area contributed by atoms with Crippen LogP contribution >= 0.6 is 15.6 Å². The summed E-state index contributed by atoms with van der Waals surface area (Å²) in [7, 11) is -9.93. The maximum Gasteiger partial charge on any atom is 0.472 e. The molecule has 3 N–H and O–H groups in total. The maximum absolute atomic E-state index is 13.2. The van der Waals surface area contributed by atoms with Crippen LogP contribution in [0, 0.1) is 11.8 Å². The van der Waals surface area contributed by atoms with Gasteiger partial charge in [-0.1, -0.05) is 427 Å². The lowest BCUT2D eigenvalue weighted by Gasteiger charge is -2.21. The van der Waals surface area contributed by atoms with Crippen LogP contribution in [0.1, 0.15) is 478 Å². The highest BCUT2D eigenvalue weighted by molar-refractivity contribution is 7.47. The van der Waals surface area contributed by atoms with Crippen LogP contribution in [0.15, 0.2) is 0 Å². The summed E-state index contributed by atoms with van der Waals surface area (Å²) in [6, 6.07) is 0. The second-order valence-corrected chi connectivity index (χ2v) is 35.8. The van der Waals surface area contributed by atoms with Gasteiger partial charge in [0.15, 0.2) is 12.2 Å². The largest absolute Gasteiger partial charge is 0.472 e. The van der Waals surface area contributed by atoms with E-state index in [0.29, 0.717) is 31.6 Å². The summed E-state index contributed by atoms with van der Waals surface area (Å²) in [4.78, 5) is 73.3. The number of rotatable bonds is 88. The zero-order valence-electron chi connectivity index (χ0n) is 71.2. The van der Waals surface area contributed by atoms with Crippen LogP contribution < -0.4 is 0 Å². The van der Waals surface area contributed by atoms with Gasteiger partial charge in [-0.15, -0.1) is 0 Å². The van der Waals surface area contributed by atoms with Crippen molar-refractivity contribution in [2.45, 2.75) is 496 Å². The van der Waals surface area contributed by atoms with Gasteiger partial charge in [0.05, 0.1) is 26.4 Å². The van der Waals surface area contributed by atoms with E-state index in [1.165, 1.54) is 289 Å². The smallest absolute Gasteiger partial charge is 0.462 e. The van der Waals surface area contributed by atoms with Gasteiger partial charge in [0.2, 0.25) is 0 Å². The topological polar surface area (TPSA) is 237 Å². The molecular weight excluding hydrogens is 1400 g/mol. The van der Waals surface area contributed by atoms with Crippen molar-refractivity contribution in [1.82, 2.24) is 0 Å². The molecule has 0 heterocycles. The molecule has 0 aromatic carbocycles. The van der Waals surface area contributed by atoms with E-state index in [-0.39, 0.29) is 25.7 Å². The predicted octanol–water partition coefficient (Wildman–Crippen LogP) is 27.4. The lowest BCUT2D eigenvalue weighted by atomic mass is 10.0. The van der Waals surface area contributed by atoms with Gasteiger partial charge in [-0.25, -0.2) is 9.13 Å². The molecule has 19 heteroatoms. The fraction of sp³-hybridized carbons (Fsp3) is 0.955. The summed E-state index contributed by atoms with van der Waals surface area (Å²) >= 11 is 0. The van der Waals surface area contributed by atoms with Crippen molar-refractivity contribution in [2.75, 3.05) is 39.6 Å². The Morgan fingerprint density at radius 2 is 0.426 bits per heavy atom. The number of aliphatic hydroxyl groups excluding tert-OH is 1. The van der Waals surface area contributed by atoms with E-state index in [2.05, 4.69) is 41.5 Å². The zero-order valence-corrected chi connectivity index (χ0v) is 73.0. The van der Waals surface area contributed by atoms with Crippen molar-refractivity contribution >= 4 is 39.5 Å². The lowest BCUT2D eigenvalue weighted by molar-refractivity contribution is -0.161. The number of phosphoric ester groups is 2. The van der Waals surface area contributed by atoms with E-state index < -0.39 is 97.5 Å². The Labute approximate surface area is 664 Å². The third-order valence-corrected chi connectivity index (χ3v) is 22.9. The van der Waals surface area contributed by atoms with Gasteiger partial charge in [0, 0.05) is 25.7 Å². The molecule has 0 amide bonds. The normalized spacial score (nSPS) is 13.8. The minimum Gasteiger partial charge on any atom is -0.462 e. The number of ether oxygens (including phenoxy) is 4. The molecule has 642 valence electrons. The molecule has 2 unspecified atom stereocenters. The van der Waals surface area contributed by atoms with E-state index in [1.54, 1.807) is 0 Å². The van der Waals surface area contributed by atoms with Gasteiger partial charge >= 0.3 is 39.5 Å². The van der Waals surface area contributed by atoms with E-state index in [4.69, 9.17) is 37.0 Å². The highest BCUT2D eigenvalue weighted by Gasteiger charge is 2.31. The summed E-state index contributed by atoms with van der Waals surface area (Å²) in [6.45, 7) is 9.66. The van der Waals surface area contributed by atoms with Crippen molar-refractivity contribution in [1.29, 1.82) is 0 Å². The molecule has 0 bridgehead atoms. The Morgan fingerprint density at radius 3 is 0.630 bits per heavy atom. The number of hydrogen-bond donors (Lipinski definition) is 3. The first-order valence-electron chi connectivity index (χ1n) is 46.0. The maximum atomic E-state index is 13.2. The molecule has 0 aliphatic carbocycles. The molecule has 0 spiro atoms. The molecule has 0 aromatic heterocycles. The Balaban J connectivity index is 5.22. The third-order valence-electron chi connectivity index (χ3n) is 21.0. The standard InChI is InChI=1S/C89H174O17P2/c1-7-9-11-13-15-17-19-21-23-25-26-27-28-29-31-37-41-45-49-55-62-68-73-88(93)105-84(77-99-86(91)71-65-59-53-47-43-39-35-33-32-34-38-42-46-51-57-63-69-81(3)4)79-103-107(95,96)101-75-83(90)76-102-108(97,98)104-80-85(78-100-87(92)72-66-60-56-50-52-58-64-70-82(5)6)106-89(94)74-67-61-54-48-44-40-36-30-24-22-20-18-16-14-12-10-8-2/h81-85,90H,7-80H2,1-6H3,(H,95,96)(H,97,98)/t83-,84-,85-/m1/s1. The van der Waals surface area contributed by atoms with Crippen LogP contribution in [0.3, 0.4) is 0 Å². The van der Waals surface area contributed by atoms with Crippen molar-refractivity contribution in [3.05, 3.63) is 0 Å². The number of unbranched alkanes of at least 4 members (excludes halogenated alkanes) is 58. The summed E-state index contributed by atoms with van der Waals surface area (Å²) in [5.74, 6) is -0.583. The summed E-state index contributed by atoms with van der Waals surface area (Å²) in [5.41, 5.74) is 0. The molecule has 5 atom stereocenters. The second kappa shape index (κ2) is 80.3. The van der Waals surface area contributed by atoms with Gasteiger partial charge < -0.3 is 33.8 Å². The monoisotopic (exact) mass is 1580 g/mol. The zero-order chi connectivity index (χ0) is 79.2. The van der Waals surface area contributed by atoms with Gasteiger partial charge in [-0.05, 0) is 37.5 Å². The minimum atomic E-state index is -4.97. The SMILES string of the molecule is CCCCCCCCCCCCCCCCCCCCCCCCC(=O)O[C@H](COC(=O)CCCCCCCCCCCCCCCCCCC(C)C)COP(=O)(O)OC[C@@H](O)COP(=O)(O)OC[C@@H](COC(=O)CCCCCCCCCC(C)C)OC(=O)CCCCCCCCCCCCCCCCCCC. The van der Waals surface area contributed by atoms with Crippen molar-refractivity contribution < 1.29 is 80.2 Å². The average molecular weight is 1580 g/mol. The second-order valence-electron chi connectivity index (χ2n) is 32.9. The van der Waals surface area contributed by atoms with Crippen LogP contribution in [0.5, 0.6) is 0 Å². The van der Waals surface area contributed by atoms with Crippen LogP contribution in [-0.2, 0) is 65.4 Å². The molecule has 0 aliphatic heterocycles. The average Bonchev–Trinajstić information content (AvgIpc) is 0.899. The number of hydrogen-bond acceptors (Lipinski definition) is 15. The molecule has 0 fully saturated rings. The molecule has 108 heavy (non-hydrogen) atoms. The number of esters is 4. The Kier molecular flexibility index (Phi) is 78.8. The van der Waals surface area contributed by atoms with E-state index in [9.17, 15) is 43.2 Å². The van der Waals surface area contributed by atoms with Gasteiger partial charge in [-0.2, -0.15) is 0 Å². The molecule has 0 aliphatic rings. The van der Waals surface area contributed by atoms with Crippen LogP contribution in [0.25, 0.3) is 0 Å². The molecule has 0 rings (SSSR count). The van der Waals surface area contributed by atoms with Crippen molar-refractivity contribution in [3.8, 4) is 0 Å². The molecule has 0 aromatic rings. The highest BCUT2D eigenvalue weighted by atomic mass is 31.2. The van der Waals surface area contributed by atoms with Crippen LogP contribution in [-0.4, -0.2) is 96.7 Å². The van der Waals surface area contributed by atoms with Crippen LogP contribution in [0.2, 0.25) is 0 Å². The number of phosphoric acid groups is 2. The fourth-order valence-electron chi connectivity index (χ4n) is 14.0. The number of aliphatic hydroxyl groups is 1. The molecule has 17 nitrogen and oxygen atoms in total. The lowest BCUT2D eigenvalue weighted by Crippen LogP contribution is -2.30. The number of carbonyl (C=O) groups is 4. The first-order valence-corrected chi connectivity index (χ1v) is 49.0. The molecule has 0 radical (unpaired) electrons. The van der Waals surface area contributed by atoms with Crippen molar-refractivity contribution in [3.63, 3.8) is 0 Å². The Morgan fingerprint density at radius 1 is 0.250 bits per heavy atom. The summed E-state index contributed by atoms with van der Waals surface area (Å²) in [5, 5.41) is 10.7. The Bertz CT molecular complexity index is 2060. The minimum absolute atomic E-state index is 0.108. The predicted molar refractivity (Wildman–Crippen MR) is 446 cm³/mol. The third kappa shape index (κ3) is 82.1. The highest BCUT2D eigenvalue weighted by Crippen LogP contribution is 2.45. The van der Waals surface area contributed by atoms with Gasteiger partial charge in [0.25, 0.3) is 0 Å².